The fourth-order valence-electron chi connectivity index (χ4n) is 5.33. The Morgan fingerprint density at radius 3 is 2.30 bits per heavy atom. The molecular formula is C21H20N2O4. The summed E-state index contributed by atoms with van der Waals surface area (Å²) in [5.74, 6) is -0.117. The summed E-state index contributed by atoms with van der Waals surface area (Å²) in [7, 11) is 0. The normalized spacial score (nSPS) is 35.1. The molecule has 2 saturated carbocycles. The lowest BCUT2D eigenvalue weighted by molar-refractivity contribution is -0.142. The highest BCUT2D eigenvalue weighted by Gasteiger charge is 2.67. The molecule has 3 amide bonds. The highest BCUT2D eigenvalue weighted by atomic mass is 16.2. The molecule has 6 rings (SSSR count). The Hall–Kier alpha value is -2.76. The number of hydrogen-bond donors (Lipinski definition) is 1. The first kappa shape index (κ1) is 16.4. The van der Waals surface area contributed by atoms with E-state index in [-0.39, 0.29) is 47.8 Å². The number of carbonyl (C=O) groups is 4. The molecule has 2 bridgehead atoms. The van der Waals surface area contributed by atoms with Gasteiger partial charge in [0.2, 0.25) is 17.7 Å². The second-order valence-electron chi connectivity index (χ2n) is 8.10. The zero-order valence-electron chi connectivity index (χ0n) is 14.9. The number of nitrogens with one attached hydrogen (secondary N) is 1. The Kier molecular flexibility index (Phi) is 3.41. The molecular weight excluding hydrogens is 344 g/mol. The molecule has 6 atom stereocenters. The third-order valence-electron chi connectivity index (χ3n) is 6.61. The van der Waals surface area contributed by atoms with Gasteiger partial charge in [-0.1, -0.05) is 24.3 Å². The molecule has 1 aromatic carbocycles. The summed E-state index contributed by atoms with van der Waals surface area (Å²) in [6.07, 6.45) is 5.34. The number of carbonyl (C=O) groups excluding carboxylic acids is 4. The zero-order chi connectivity index (χ0) is 18.9. The Bertz CT molecular complexity index is 885. The summed E-state index contributed by atoms with van der Waals surface area (Å²) in [6, 6.07) is 6.62. The van der Waals surface area contributed by atoms with Gasteiger partial charge in [-0.05, 0) is 49.1 Å². The molecule has 0 unspecified atom stereocenters. The molecule has 6 nitrogen and oxygen atoms in total. The monoisotopic (exact) mass is 364 g/mol. The first-order valence-corrected chi connectivity index (χ1v) is 9.40. The highest BCUT2D eigenvalue weighted by Crippen LogP contribution is 2.65. The van der Waals surface area contributed by atoms with Gasteiger partial charge in [-0.15, -0.1) is 0 Å². The van der Waals surface area contributed by atoms with Gasteiger partial charge in [0.1, 0.15) is 6.54 Å². The van der Waals surface area contributed by atoms with E-state index in [9.17, 15) is 19.2 Å². The number of amides is 3. The number of ketones is 1. The first-order valence-electron chi connectivity index (χ1n) is 9.40. The van der Waals surface area contributed by atoms with Crippen LogP contribution in [0.3, 0.4) is 0 Å². The van der Waals surface area contributed by atoms with Crippen molar-refractivity contribution in [2.45, 2.75) is 13.3 Å². The summed E-state index contributed by atoms with van der Waals surface area (Å²) >= 11 is 0. The Labute approximate surface area is 156 Å². The van der Waals surface area contributed by atoms with Crippen molar-refractivity contribution in [2.24, 2.45) is 35.5 Å². The predicted octanol–water partition coefficient (Wildman–Crippen LogP) is 1.88. The van der Waals surface area contributed by atoms with Crippen molar-refractivity contribution in [3.63, 3.8) is 0 Å². The topological polar surface area (TPSA) is 83.6 Å². The minimum absolute atomic E-state index is 0.0957. The van der Waals surface area contributed by atoms with Crippen LogP contribution in [0.15, 0.2) is 36.4 Å². The molecule has 6 heteroatoms. The third-order valence-corrected chi connectivity index (χ3v) is 6.61. The molecule has 5 aliphatic rings. The van der Waals surface area contributed by atoms with Crippen LogP contribution >= 0.6 is 0 Å². The maximum atomic E-state index is 12.9. The smallest absolute Gasteiger partial charge is 0.244 e. The molecule has 0 radical (unpaired) electrons. The number of Topliss-reactive ketones (excluding diaryl/α,β-unsaturated/α-hetero) is 1. The Balaban J connectivity index is 1.31. The van der Waals surface area contributed by atoms with Crippen molar-refractivity contribution in [2.75, 3.05) is 11.9 Å². The largest absolute Gasteiger partial charge is 0.325 e. The minimum atomic E-state index is -0.429. The van der Waals surface area contributed by atoms with E-state index in [0.717, 1.165) is 11.3 Å². The van der Waals surface area contributed by atoms with E-state index in [4.69, 9.17) is 0 Å². The summed E-state index contributed by atoms with van der Waals surface area (Å²) in [5, 5.41) is 2.69. The molecule has 1 heterocycles. The molecule has 1 aromatic rings. The van der Waals surface area contributed by atoms with Crippen LogP contribution in [0.1, 0.15) is 23.7 Å². The first-order chi connectivity index (χ1) is 13.0. The molecule has 27 heavy (non-hydrogen) atoms. The van der Waals surface area contributed by atoms with Crippen LogP contribution in [0.4, 0.5) is 5.69 Å². The third kappa shape index (κ3) is 2.39. The van der Waals surface area contributed by atoms with E-state index in [1.165, 1.54) is 6.92 Å². The standard InChI is InChI=1S/C21H20N2O4/c1-10(24)11-3-2-4-12(7-11)22-17(25)9-23-20(26)18-13-5-6-14(16-8-15(13)16)19(18)21(23)27/h2-7,13-16,18-19H,8-9H2,1H3,(H,22,25)/t13-,14-,15-,16-,18-,19+/m1/s1. The molecule has 4 aliphatic carbocycles. The van der Waals surface area contributed by atoms with E-state index in [0.29, 0.717) is 23.1 Å². The number of likely N-dealkylation sites (tertiary alicyclic amines) is 1. The summed E-state index contributed by atoms with van der Waals surface area (Å²) in [5.41, 5.74) is 0.973. The number of rotatable bonds is 4. The summed E-state index contributed by atoms with van der Waals surface area (Å²) in [4.78, 5) is 50.8. The molecule has 0 aromatic heterocycles. The van der Waals surface area contributed by atoms with Gasteiger partial charge in [-0.3, -0.25) is 24.1 Å². The van der Waals surface area contributed by atoms with Crippen molar-refractivity contribution in [1.29, 1.82) is 0 Å². The lowest BCUT2D eigenvalue weighted by Gasteiger charge is -2.37. The van der Waals surface area contributed by atoms with Gasteiger partial charge in [0.05, 0.1) is 11.8 Å². The second kappa shape index (κ2) is 5.62. The average Bonchev–Trinajstić information content (AvgIpc) is 3.43. The van der Waals surface area contributed by atoms with Crippen LogP contribution in [0.2, 0.25) is 0 Å². The van der Waals surface area contributed by atoms with Crippen LogP contribution in [0.5, 0.6) is 0 Å². The van der Waals surface area contributed by atoms with Crippen molar-refractivity contribution < 1.29 is 19.2 Å². The van der Waals surface area contributed by atoms with E-state index >= 15 is 0 Å². The van der Waals surface area contributed by atoms with Gasteiger partial charge in [0, 0.05) is 11.3 Å². The minimum Gasteiger partial charge on any atom is -0.325 e. The number of nitrogens with zero attached hydrogens (tertiary/aromatic N) is 1. The summed E-state index contributed by atoms with van der Waals surface area (Å²) < 4.78 is 0. The van der Waals surface area contributed by atoms with Gasteiger partial charge in [0.15, 0.2) is 5.78 Å². The van der Waals surface area contributed by atoms with Gasteiger partial charge < -0.3 is 5.32 Å². The van der Waals surface area contributed by atoms with E-state index in [2.05, 4.69) is 17.5 Å². The second-order valence-corrected chi connectivity index (χ2v) is 8.10. The highest BCUT2D eigenvalue weighted by molar-refractivity contribution is 6.09. The molecule has 1 N–H and O–H groups in total. The number of imide groups is 1. The predicted molar refractivity (Wildman–Crippen MR) is 96.5 cm³/mol. The maximum Gasteiger partial charge on any atom is 0.244 e. The number of allylic oxidation sites excluding steroid dienone is 2. The van der Waals surface area contributed by atoms with Crippen LogP contribution in [-0.2, 0) is 14.4 Å². The molecule has 0 spiro atoms. The van der Waals surface area contributed by atoms with Crippen LogP contribution in [-0.4, -0.2) is 34.9 Å². The van der Waals surface area contributed by atoms with Crippen molar-refractivity contribution in [3.8, 4) is 0 Å². The summed E-state index contributed by atoms with van der Waals surface area (Å²) in [6.45, 7) is 1.18. The van der Waals surface area contributed by atoms with Crippen LogP contribution in [0.25, 0.3) is 0 Å². The van der Waals surface area contributed by atoms with Gasteiger partial charge >= 0.3 is 0 Å². The molecule has 1 saturated heterocycles. The molecule has 1 aliphatic heterocycles. The van der Waals surface area contributed by atoms with Gasteiger partial charge in [0.25, 0.3) is 0 Å². The van der Waals surface area contributed by atoms with Crippen LogP contribution < -0.4 is 5.32 Å². The quantitative estimate of drug-likeness (QED) is 0.502. The average molecular weight is 364 g/mol. The lowest BCUT2D eigenvalue weighted by Crippen LogP contribution is -2.40. The number of hydrogen-bond acceptors (Lipinski definition) is 4. The zero-order valence-corrected chi connectivity index (χ0v) is 14.9. The van der Waals surface area contributed by atoms with Gasteiger partial charge in [-0.2, -0.15) is 0 Å². The lowest BCUT2D eigenvalue weighted by atomic mass is 9.63. The van der Waals surface area contributed by atoms with E-state index in [1.54, 1.807) is 24.3 Å². The SMILES string of the molecule is CC(=O)c1cccc(NC(=O)CN2C(=O)[C@@H]3[C@@H]4C=C[C@H]([C@H]5C[C@H]45)[C@@H]3C2=O)c1. The van der Waals surface area contributed by atoms with Gasteiger partial charge in [-0.25, -0.2) is 0 Å². The fourth-order valence-corrected chi connectivity index (χ4v) is 5.33. The van der Waals surface area contributed by atoms with Crippen molar-refractivity contribution in [3.05, 3.63) is 42.0 Å². The van der Waals surface area contributed by atoms with E-state index < -0.39 is 5.91 Å². The Morgan fingerprint density at radius 2 is 1.70 bits per heavy atom. The molecule has 3 fully saturated rings. The molecule has 138 valence electrons. The van der Waals surface area contributed by atoms with E-state index in [1.807, 2.05) is 0 Å². The van der Waals surface area contributed by atoms with Crippen molar-refractivity contribution in [1.82, 2.24) is 4.90 Å². The van der Waals surface area contributed by atoms with Crippen molar-refractivity contribution >= 4 is 29.2 Å². The fraction of sp³-hybridized carbons (Fsp3) is 0.429. The number of anilines is 1. The van der Waals surface area contributed by atoms with Crippen LogP contribution in [0, 0.1) is 35.5 Å². The Morgan fingerprint density at radius 1 is 1.07 bits per heavy atom. The number of benzene rings is 1. The maximum absolute atomic E-state index is 12.9.